The van der Waals surface area contributed by atoms with Gasteiger partial charge in [0.05, 0.1) is 14.2 Å². The Hall–Kier alpha value is -3.35. The maximum absolute atomic E-state index is 5.41. The van der Waals surface area contributed by atoms with Crippen molar-refractivity contribution in [2.45, 2.75) is 6.04 Å². The van der Waals surface area contributed by atoms with E-state index in [9.17, 15) is 0 Å². The Balaban J connectivity index is 1.79. The maximum Gasteiger partial charge on any atom is 0.248 e. The third-order valence-corrected chi connectivity index (χ3v) is 4.16. The lowest BCUT2D eigenvalue weighted by molar-refractivity contribution is 0.355. The molecule has 7 heteroatoms. The van der Waals surface area contributed by atoms with Crippen molar-refractivity contribution in [3.05, 3.63) is 65.7 Å². The van der Waals surface area contributed by atoms with Crippen molar-refractivity contribution in [3.8, 4) is 11.5 Å². The molecule has 0 fully saturated rings. The van der Waals surface area contributed by atoms with Crippen molar-refractivity contribution in [1.82, 2.24) is 20.2 Å². The van der Waals surface area contributed by atoms with Gasteiger partial charge >= 0.3 is 0 Å². The Bertz CT molecular complexity index is 920. The van der Waals surface area contributed by atoms with Gasteiger partial charge in [-0.05, 0) is 40.3 Å². The molecule has 0 radical (unpaired) electrons. The van der Waals surface area contributed by atoms with E-state index >= 15 is 0 Å². The van der Waals surface area contributed by atoms with E-state index in [4.69, 9.17) is 9.47 Å². The summed E-state index contributed by atoms with van der Waals surface area (Å²) in [7, 11) is 3.24. The van der Waals surface area contributed by atoms with E-state index in [2.05, 4.69) is 39.1 Å². The number of nitrogens with one attached hydrogen (secondary N) is 1. The number of nitrogens with zero attached hydrogens (tertiary/aromatic N) is 4. The van der Waals surface area contributed by atoms with E-state index in [0.29, 0.717) is 17.4 Å². The van der Waals surface area contributed by atoms with E-state index in [1.165, 1.54) is 0 Å². The van der Waals surface area contributed by atoms with Gasteiger partial charge in [0.25, 0.3) is 0 Å². The third-order valence-electron chi connectivity index (χ3n) is 4.16. The van der Waals surface area contributed by atoms with Crippen LogP contribution in [0.2, 0.25) is 0 Å². The zero-order valence-corrected chi connectivity index (χ0v) is 13.9. The van der Waals surface area contributed by atoms with Crippen LogP contribution in [0.15, 0.2) is 54.6 Å². The van der Waals surface area contributed by atoms with Crippen LogP contribution in [-0.4, -0.2) is 34.4 Å². The van der Waals surface area contributed by atoms with Crippen molar-refractivity contribution in [2.75, 3.05) is 19.5 Å². The summed E-state index contributed by atoms with van der Waals surface area (Å²) in [6.07, 6.45) is 2.10. The molecule has 0 amide bonds. The molecule has 1 N–H and O–H groups in total. The van der Waals surface area contributed by atoms with Crippen LogP contribution < -0.4 is 14.8 Å². The van der Waals surface area contributed by atoms with E-state index in [1.54, 1.807) is 18.9 Å². The van der Waals surface area contributed by atoms with Crippen LogP contribution >= 0.6 is 0 Å². The number of hydrogen-bond acceptors (Lipinski definition) is 6. The van der Waals surface area contributed by atoms with Crippen LogP contribution in [0.1, 0.15) is 17.2 Å². The quantitative estimate of drug-likeness (QED) is 0.790. The van der Waals surface area contributed by atoms with Gasteiger partial charge < -0.3 is 14.8 Å². The summed E-state index contributed by atoms with van der Waals surface area (Å²) >= 11 is 0. The first kappa shape index (κ1) is 15.2. The highest BCUT2D eigenvalue weighted by Gasteiger charge is 2.24. The summed E-state index contributed by atoms with van der Waals surface area (Å²) in [6, 6.07) is 15.8. The highest BCUT2D eigenvalue weighted by molar-refractivity contribution is 5.78. The first-order valence-corrected chi connectivity index (χ1v) is 7.84. The second-order valence-corrected chi connectivity index (χ2v) is 5.58. The maximum atomic E-state index is 5.41. The predicted molar refractivity (Wildman–Crippen MR) is 93.5 cm³/mol. The lowest BCUT2D eigenvalue weighted by Crippen LogP contribution is -2.20. The molecule has 126 valence electrons. The van der Waals surface area contributed by atoms with Crippen molar-refractivity contribution in [2.24, 2.45) is 0 Å². The number of rotatable bonds is 4. The molecule has 4 rings (SSSR count). The molecule has 1 aliphatic rings. The number of tetrazole rings is 1. The first-order chi connectivity index (χ1) is 12.3. The summed E-state index contributed by atoms with van der Waals surface area (Å²) in [5, 5.41) is 15.3. The minimum absolute atomic E-state index is 0.0875. The largest absolute Gasteiger partial charge is 0.493 e. The van der Waals surface area contributed by atoms with Gasteiger partial charge in [0, 0.05) is 11.3 Å². The summed E-state index contributed by atoms with van der Waals surface area (Å²) in [5.41, 5.74) is 2.99. The van der Waals surface area contributed by atoms with E-state index in [0.717, 1.165) is 16.8 Å². The number of ether oxygens (including phenoxy) is 2. The molecule has 2 heterocycles. The van der Waals surface area contributed by atoms with Crippen LogP contribution in [0.5, 0.6) is 11.5 Å². The Labute approximate surface area is 144 Å². The normalized spacial score (nSPS) is 15.8. The average molecular weight is 335 g/mol. The molecule has 3 aromatic rings. The molecule has 1 aliphatic heterocycles. The topological polar surface area (TPSA) is 74.1 Å². The average Bonchev–Trinajstić information content (AvgIpc) is 3.16. The van der Waals surface area contributed by atoms with Crippen molar-refractivity contribution < 1.29 is 9.47 Å². The number of hydrogen-bond donors (Lipinski definition) is 1. The fourth-order valence-electron chi connectivity index (χ4n) is 2.91. The smallest absolute Gasteiger partial charge is 0.248 e. The van der Waals surface area contributed by atoms with Gasteiger partial charge in [0.1, 0.15) is 6.04 Å². The zero-order valence-electron chi connectivity index (χ0n) is 13.9. The molecule has 0 saturated carbocycles. The van der Waals surface area contributed by atoms with Gasteiger partial charge in [-0.25, -0.2) is 0 Å². The van der Waals surface area contributed by atoms with Gasteiger partial charge in [-0.2, -0.15) is 4.68 Å². The van der Waals surface area contributed by atoms with Gasteiger partial charge in [0.15, 0.2) is 11.5 Å². The fourth-order valence-corrected chi connectivity index (χ4v) is 2.91. The predicted octanol–water partition coefficient (Wildman–Crippen LogP) is 2.75. The molecule has 25 heavy (non-hydrogen) atoms. The van der Waals surface area contributed by atoms with Crippen molar-refractivity contribution >= 4 is 11.6 Å². The van der Waals surface area contributed by atoms with Gasteiger partial charge in [-0.15, -0.1) is 0 Å². The number of fused-ring (bicyclic) bond motifs is 1. The minimum atomic E-state index is -0.0875. The van der Waals surface area contributed by atoms with Crippen LogP contribution in [0.25, 0.3) is 5.70 Å². The van der Waals surface area contributed by atoms with Crippen molar-refractivity contribution in [3.63, 3.8) is 0 Å². The molecule has 2 aromatic carbocycles. The number of allylic oxidation sites excluding steroid dienone is 1. The molecule has 0 bridgehead atoms. The molecule has 1 atom stereocenters. The molecular formula is C18H17N5O2. The highest BCUT2D eigenvalue weighted by atomic mass is 16.5. The minimum Gasteiger partial charge on any atom is -0.493 e. The Kier molecular flexibility index (Phi) is 3.81. The molecule has 7 nitrogen and oxygen atoms in total. The summed E-state index contributed by atoms with van der Waals surface area (Å²) in [6.45, 7) is 0. The Morgan fingerprint density at radius 3 is 2.56 bits per heavy atom. The molecule has 0 saturated heterocycles. The van der Waals surface area contributed by atoms with Gasteiger partial charge in [-0.3, -0.25) is 0 Å². The standard InChI is InChI=1S/C18H17N5O2/c1-24-16-9-8-13(10-17(16)25-2)14-11-15(12-6-4-3-5-7-12)23-18(19-14)20-21-22-23/h3-11,15H,1-2H3,(H,19,20,22). The van der Waals surface area contributed by atoms with Crippen LogP contribution in [0.4, 0.5) is 5.95 Å². The molecule has 1 aromatic heterocycles. The first-order valence-electron chi connectivity index (χ1n) is 7.84. The summed E-state index contributed by atoms with van der Waals surface area (Å²) < 4.78 is 12.5. The van der Waals surface area contributed by atoms with Crippen LogP contribution in [-0.2, 0) is 0 Å². The third kappa shape index (κ3) is 2.69. The molecule has 1 unspecified atom stereocenters. The monoisotopic (exact) mass is 335 g/mol. The second-order valence-electron chi connectivity index (χ2n) is 5.58. The number of aromatic nitrogens is 4. The Morgan fingerprint density at radius 1 is 1.00 bits per heavy atom. The van der Waals surface area contributed by atoms with E-state index < -0.39 is 0 Å². The lowest BCUT2D eigenvalue weighted by Gasteiger charge is -2.23. The SMILES string of the molecule is COc1ccc(C2=CC(c3ccccc3)n3nnnc3N2)cc1OC. The number of benzene rings is 2. The highest BCUT2D eigenvalue weighted by Crippen LogP contribution is 2.35. The zero-order chi connectivity index (χ0) is 17.2. The lowest BCUT2D eigenvalue weighted by atomic mass is 10.0. The van der Waals surface area contributed by atoms with E-state index in [1.807, 2.05) is 36.4 Å². The van der Waals surface area contributed by atoms with Crippen molar-refractivity contribution in [1.29, 1.82) is 0 Å². The molecule has 0 spiro atoms. The second kappa shape index (κ2) is 6.27. The summed E-state index contributed by atoms with van der Waals surface area (Å²) in [4.78, 5) is 0. The summed E-state index contributed by atoms with van der Waals surface area (Å²) in [5.74, 6) is 1.96. The van der Waals surface area contributed by atoms with E-state index in [-0.39, 0.29) is 6.04 Å². The number of anilines is 1. The molecular weight excluding hydrogens is 318 g/mol. The van der Waals surface area contributed by atoms with Gasteiger partial charge in [0.2, 0.25) is 5.95 Å². The fraction of sp³-hybridized carbons (Fsp3) is 0.167. The van der Waals surface area contributed by atoms with Gasteiger partial charge in [-0.1, -0.05) is 35.4 Å². The van der Waals surface area contributed by atoms with Crippen LogP contribution in [0, 0.1) is 0 Å². The molecule has 0 aliphatic carbocycles. The number of methoxy groups -OCH3 is 2. The van der Waals surface area contributed by atoms with Crippen LogP contribution in [0.3, 0.4) is 0 Å². The Morgan fingerprint density at radius 2 is 1.80 bits per heavy atom.